The van der Waals surface area contributed by atoms with Crippen molar-refractivity contribution in [3.8, 4) is 11.5 Å². The van der Waals surface area contributed by atoms with Gasteiger partial charge in [-0.2, -0.15) is 0 Å². The summed E-state index contributed by atoms with van der Waals surface area (Å²) in [6.45, 7) is 6.45. The first-order valence-corrected chi connectivity index (χ1v) is 5.14. The molecule has 1 rings (SSSR count). The first kappa shape index (κ1) is 11.0. The fourth-order valence-corrected chi connectivity index (χ4v) is 1.27. The maximum atomic E-state index is 9.63. The van der Waals surface area contributed by atoms with Gasteiger partial charge in [0.2, 0.25) is 5.75 Å². The molecule has 3 nitrogen and oxygen atoms in total. The van der Waals surface area contributed by atoms with E-state index in [-0.39, 0.29) is 5.75 Å². The number of rotatable bonds is 5. The highest BCUT2D eigenvalue weighted by Gasteiger charge is 2.16. The third-order valence-electron chi connectivity index (χ3n) is 2.14. The van der Waals surface area contributed by atoms with Crippen LogP contribution in [0.4, 0.5) is 0 Å². The van der Waals surface area contributed by atoms with Crippen LogP contribution in [-0.2, 0) is 6.42 Å². The Morgan fingerprint density at radius 1 is 1.36 bits per heavy atom. The quantitative estimate of drug-likeness (QED) is 0.739. The van der Waals surface area contributed by atoms with Crippen molar-refractivity contribution in [2.75, 3.05) is 6.61 Å². The van der Waals surface area contributed by atoms with E-state index in [0.717, 1.165) is 25.0 Å². The zero-order valence-corrected chi connectivity index (χ0v) is 9.09. The summed E-state index contributed by atoms with van der Waals surface area (Å²) < 4.78 is 10.8. The van der Waals surface area contributed by atoms with Crippen molar-refractivity contribution in [3.05, 3.63) is 11.5 Å². The van der Waals surface area contributed by atoms with Crippen LogP contribution in [0.3, 0.4) is 0 Å². The van der Waals surface area contributed by atoms with Crippen LogP contribution in [0.5, 0.6) is 11.5 Å². The summed E-state index contributed by atoms with van der Waals surface area (Å²) in [6.07, 6.45) is 2.81. The Hall–Kier alpha value is -1.12. The Morgan fingerprint density at radius 3 is 2.64 bits per heavy atom. The van der Waals surface area contributed by atoms with Gasteiger partial charge in [0, 0.05) is 6.42 Å². The van der Waals surface area contributed by atoms with Gasteiger partial charge in [0.05, 0.1) is 6.61 Å². The number of unbranched alkanes of at least 4 members (excludes halogenated alkanes) is 1. The minimum Gasteiger partial charge on any atom is -0.502 e. The standard InChI is InChI=1S/C11H18O3/c1-4-6-7-13-11-9(5-2)14-8(3)10(11)12/h12H,4-7H2,1-3H3. The van der Waals surface area contributed by atoms with E-state index >= 15 is 0 Å². The van der Waals surface area contributed by atoms with Crippen LogP contribution >= 0.6 is 0 Å². The number of ether oxygens (including phenoxy) is 1. The molecule has 3 heteroatoms. The van der Waals surface area contributed by atoms with Crippen LogP contribution in [-0.4, -0.2) is 11.7 Å². The van der Waals surface area contributed by atoms with Crippen molar-refractivity contribution in [1.29, 1.82) is 0 Å². The van der Waals surface area contributed by atoms with Gasteiger partial charge in [0.15, 0.2) is 5.75 Å². The van der Waals surface area contributed by atoms with Gasteiger partial charge in [-0.15, -0.1) is 0 Å². The Labute approximate surface area is 84.7 Å². The normalized spacial score (nSPS) is 10.5. The Balaban J connectivity index is 2.72. The molecule has 0 amide bonds. The molecule has 0 bridgehead atoms. The Kier molecular flexibility index (Phi) is 3.86. The summed E-state index contributed by atoms with van der Waals surface area (Å²) in [4.78, 5) is 0. The average molecular weight is 198 g/mol. The Morgan fingerprint density at radius 2 is 2.07 bits per heavy atom. The molecule has 0 radical (unpaired) electrons. The molecule has 14 heavy (non-hydrogen) atoms. The van der Waals surface area contributed by atoms with Crippen molar-refractivity contribution >= 4 is 0 Å². The molecule has 1 N–H and O–H groups in total. The monoisotopic (exact) mass is 198 g/mol. The number of aromatic hydroxyl groups is 1. The zero-order valence-electron chi connectivity index (χ0n) is 9.09. The third-order valence-corrected chi connectivity index (χ3v) is 2.14. The molecular weight excluding hydrogens is 180 g/mol. The van der Waals surface area contributed by atoms with Crippen LogP contribution in [0, 0.1) is 6.92 Å². The van der Waals surface area contributed by atoms with Gasteiger partial charge in [-0.3, -0.25) is 0 Å². The summed E-state index contributed by atoms with van der Waals surface area (Å²) in [5.74, 6) is 1.95. The predicted octanol–water partition coefficient (Wildman–Crippen LogP) is 3.03. The second-order valence-corrected chi connectivity index (χ2v) is 3.31. The SMILES string of the molecule is CCCCOc1c(CC)oc(C)c1O. The van der Waals surface area contributed by atoms with Gasteiger partial charge in [-0.1, -0.05) is 20.3 Å². The second kappa shape index (κ2) is 4.94. The number of hydrogen-bond acceptors (Lipinski definition) is 3. The van der Waals surface area contributed by atoms with Gasteiger partial charge in [0.1, 0.15) is 11.5 Å². The first-order valence-electron chi connectivity index (χ1n) is 5.14. The molecule has 0 unspecified atom stereocenters. The smallest absolute Gasteiger partial charge is 0.203 e. The first-order chi connectivity index (χ1) is 6.70. The molecule has 1 heterocycles. The molecule has 0 aliphatic carbocycles. The largest absolute Gasteiger partial charge is 0.502 e. The van der Waals surface area contributed by atoms with Gasteiger partial charge < -0.3 is 14.3 Å². The average Bonchev–Trinajstić information content (AvgIpc) is 2.45. The fraction of sp³-hybridized carbons (Fsp3) is 0.636. The lowest BCUT2D eigenvalue weighted by molar-refractivity contribution is 0.288. The third kappa shape index (κ3) is 2.22. The van der Waals surface area contributed by atoms with E-state index in [1.165, 1.54) is 0 Å². The van der Waals surface area contributed by atoms with Crippen LogP contribution in [0.15, 0.2) is 4.42 Å². The van der Waals surface area contributed by atoms with Crippen LogP contribution in [0.25, 0.3) is 0 Å². The number of hydrogen-bond donors (Lipinski definition) is 1. The van der Waals surface area contributed by atoms with E-state index in [9.17, 15) is 5.11 Å². The van der Waals surface area contributed by atoms with Crippen LogP contribution < -0.4 is 4.74 Å². The lowest BCUT2D eigenvalue weighted by Crippen LogP contribution is -1.97. The molecule has 1 aromatic heterocycles. The van der Waals surface area contributed by atoms with E-state index in [0.29, 0.717) is 18.1 Å². The van der Waals surface area contributed by atoms with E-state index in [1.807, 2.05) is 6.92 Å². The summed E-state index contributed by atoms with van der Waals surface area (Å²) in [5.41, 5.74) is 0. The summed E-state index contributed by atoms with van der Waals surface area (Å²) in [6, 6.07) is 0. The van der Waals surface area contributed by atoms with E-state index in [4.69, 9.17) is 9.15 Å². The minimum absolute atomic E-state index is 0.151. The topological polar surface area (TPSA) is 42.6 Å². The van der Waals surface area contributed by atoms with E-state index < -0.39 is 0 Å². The van der Waals surface area contributed by atoms with Crippen molar-refractivity contribution in [2.24, 2.45) is 0 Å². The molecule has 0 atom stereocenters. The van der Waals surface area contributed by atoms with Crippen LogP contribution in [0.1, 0.15) is 38.2 Å². The van der Waals surface area contributed by atoms with Gasteiger partial charge in [-0.05, 0) is 13.3 Å². The maximum Gasteiger partial charge on any atom is 0.203 e. The molecule has 0 spiro atoms. The molecule has 1 aromatic rings. The van der Waals surface area contributed by atoms with Gasteiger partial charge >= 0.3 is 0 Å². The fourth-order valence-electron chi connectivity index (χ4n) is 1.27. The molecule has 0 aromatic carbocycles. The molecule has 0 saturated carbocycles. The highest BCUT2D eigenvalue weighted by Crippen LogP contribution is 2.36. The lowest BCUT2D eigenvalue weighted by atomic mass is 10.3. The molecule has 0 aliphatic rings. The highest BCUT2D eigenvalue weighted by atomic mass is 16.5. The predicted molar refractivity (Wildman–Crippen MR) is 54.9 cm³/mol. The number of furan rings is 1. The molecular formula is C11H18O3. The minimum atomic E-state index is 0.151. The van der Waals surface area contributed by atoms with Crippen molar-refractivity contribution in [3.63, 3.8) is 0 Å². The van der Waals surface area contributed by atoms with Crippen LogP contribution in [0.2, 0.25) is 0 Å². The van der Waals surface area contributed by atoms with Gasteiger partial charge in [0.25, 0.3) is 0 Å². The molecule has 80 valence electrons. The lowest BCUT2D eigenvalue weighted by Gasteiger charge is -2.04. The summed E-state index contributed by atoms with van der Waals surface area (Å²) >= 11 is 0. The zero-order chi connectivity index (χ0) is 10.6. The van der Waals surface area contributed by atoms with E-state index in [1.54, 1.807) is 6.92 Å². The number of aryl methyl sites for hydroxylation is 2. The molecule has 0 fully saturated rings. The van der Waals surface area contributed by atoms with Crippen molar-refractivity contribution < 1.29 is 14.3 Å². The second-order valence-electron chi connectivity index (χ2n) is 3.31. The Bertz CT molecular complexity index is 289. The molecule has 0 aliphatic heterocycles. The van der Waals surface area contributed by atoms with E-state index in [2.05, 4.69) is 6.92 Å². The van der Waals surface area contributed by atoms with Crippen molar-refractivity contribution in [1.82, 2.24) is 0 Å². The molecule has 0 saturated heterocycles. The van der Waals surface area contributed by atoms with Crippen molar-refractivity contribution in [2.45, 2.75) is 40.0 Å². The summed E-state index contributed by atoms with van der Waals surface area (Å²) in [5, 5.41) is 9.63. The maximum absolute atomic E-state index is 9.63. The highest BCUT2D eigenvalue weighted by molar-refractivity contribution is 5.44. The van der Waals surface area contributed by atoms with Gasteiger partial charge in [-0.25, -0.2) is 0 Å². The summed E-state index contributed by atoms with van der Waals surface area (Å²) in [7, 11) is 0.